The number of nitrogens with zero attached hydrogens (tertiary/aromatic N) is 1. The Morgan fingerprint density at radius 1 is 1.60 bits per heavy atom. The summed E-state index contributed by atoms with van der Waals surface area (Å²) in [6, 6.07) is 0.356. The fraction of sp³-hybridized carbons (Fsp3) is 0.250. The first kappa shape index (κ1) is 5.59. The third kappa shape index (κ3) is 0.817. The summed E-state index contributed by atoms with van der Waals surface area (Å²) in [5, 5.41) is 7.45. The number of hydrogen-bond acceptors (Lipinski definition) is 1. The molecule has 2 rings (SSSR count). The predicted octanol–water partition coefficient (Wildman–Crippen LogP) is 0.878. The van der Waals surface area contributed by atoms with Gasteiger partial charge in [-0.05, 0) is 24.8 Å². The van der Waals surface area contributed by atoms with Crippen LogP contribution in [0.4, 0.5) is 0 Å². The lowest BCUT2D eigenvalue weighted by molar-refractivity contribution is 0.606. The molecule has 0 aromatic rings. The van der Waals surface area contributed by atoms with Gasteiger partial charge in [-0.1, -0.05) is 6.08 Å². The lowest BCUT2D eigenvalue weighted by atomic mass is 10.1. The number of nitrogens with one attached hydrogen (secondary N) is 1. The second-order valence-corrected chi connectivity index (χ2v) is 2.41. The van der Waals surface area contributed by atoms with Crippen molar-refractivity contribution in [3.05, 3.63) is 36.3 Å². The van der Waals surface area contributed by atoms with Gasteiger partial charge in [0.15, 0.2) is 0 Å². The third-order valence-electron chi connectivity index (χ3n) is 1.71. The number of hydrogen-bond donors (Lipinski definition) is 1. The van der Waals surface area contributed by atoms with E-state index in [9.17, 15) is 0 Å². The van der Waals surface area contributed by atoms with Crippen LogP contribution in [0.15, 0.2) is 36.3 Å². The Bertz CT molecular complexity index is 213. The Hall–Kier alpha value is -1.18. The van der Waals surface area contributed by atoms with Gasteiger partial charge in [0.25, 0.3) is 0 Å². The second kappa shape index (κ2) is 2.21. The SMILES string of the molecule is C1=C[N]C2CC=CNC2=C1. The van der Waals surface area contributed by atoms with Gasteiger partial charge in [-0.2, -0.15) is 0 Å². The predicted molar refractivity (Wildman–Crippen MR) is 40.0 cm³/mol. The fourth-order valence-electron chi connectivity index (χ4n) is 1.18. The molecule has 10 heavy (non-hydrogen) atoms. The van der Waals surface area contributed by atoms with Crippen molar-refractivity contribution in [1.29, 1.82) is 0 Å². The summed E-state index contributed by atoms with van der Waals surface area (Å²) in [7, 11) is 0. The molecule has 2 aliphatic heterocycles. The van der Waals surface area contributed by atoms with Gasteiger partial charge in [0.05, 0.1) is 6.04 Å². The minimum absolute atomic E-state index is 0.356. The highest BCUT2D eigenvalue weighted by Gasteiger charge is 2.15. The zero-order chi connectivity index (χ0) is 6.81. The Balaban J connectivity index is 2.23. The molecule has 2 aliphatic rings. The van der Waals surface area contributed by atoms with Crippen molar-refractivity contribution in [2.75, 3.05) is 0 Å². The quantitative estimate of drug-likeness (QED) is 0.521. The van der Waals surface area contributed by atoms with Gasteiger partial charge in [0.1, 0.15) is 0 Å². The maximum atomic E-state index is 4.29. The summed E-state index contributed by atoms with van der Waals surface area (Å²) in [4.78, 5) is 0. The molecule has 1 radical (unpaired) electrons. The Labute approximate surface area is 60.3 Å². The third-order valence-corrected chi connectivity index (χ3v) is 1.71. The highest BCUT2D eigenvalue weighted by atomic mass is 15.0. The van der Waals surface area contributed by atoms with Crippen LogP contribution in [0.25, 0.3) is 0 Å². The molecule has 0 amide bonds. The molecule has 0 bridgehead atoms. The average molecular weight is 133 g/mol. The van der Waals surface area contributed by atoms with Crippen molar-refractivity contribution < 1.29 is 0 Å². The molecule has 0 aliphatic carbocycles. The zero-order valence-electron chi connectivity index (χ0n) is 5.62. The van der Waals surface area contributed by atoms with Crippen molar-refractivity contribution in [3.8, 4) is 0 Å². The van der Waals surface area contributed by atoms with Gasteiger partial charge >= 0.3 is 0 Å². The molecule has 0 saturated carbocycles. The lowest BCUT2D eigenvalue weighted by Gasteiger charge is -2.22. The summed E-state index contributed by atoms with van der Waals surface area (Å²) in [5.74, 6) is 0. The molecule has 1 atom stereocenters. The Morgan fingerprint density at radius 3 is 3.50 bits per heavy atom. The monoisotopic (exact) mass is 133 g/mol. The van der Waals surface area contributed by atoms with E-state index < -0.39 is 0 Å². The van der Waals surface area contributed by atoms with Crippen LogP contribution in [0.3, 0.4) is 0 Å². The minimum Gasteiger partial charge on any atom is -0.364 e. The molecule has 0 fully saturated rings. The number of allylic oxidation sites excluding steroid dienone is 2. The van der Waals surface area contributed by atoms with Gasteiger partial charge in [0.2, 0.25) is 0 Å². The van der Waals surface area contributed by atoms with Gasteiger partial charge in [-0.3, -0.25) is 5.32 Å². The van der Waals surface area contributed by atoms with Crippen molar-refractivity contribution >= 4 is 0 Å². The number of rotatable bonds is 0. The van der Waals surface area contributed by atoms with E-state index in [1.165, 1.54) is 5.70 Å². The zero-order valence-corrected chi connectivity index (χ0v) is 5.62. The summed E-state index contributed by atoms with van der Waals surface area (Å²) in [6.45, 7) is 0. The van der Waals surface area contributed by atoms with Crippen molar-refractivity contribution in [1.82, 2.24) is 10.6 Å². The van der Waals surface area contributed by atoms with E-state index in [0.717, 1.165) is 6.42 Å². The van der Waals surface area contributed by atoms with Crippen LogP contribution in [-0.2, 0) is 0 Å². The smallest absolute Gasteiger partial charge is 0.0932 e. The highest BCUT2D eigenvalue weighted by Crippen LogP contribution is 2.13. The van der Waals surface area contributed by atoms with E-state index in [1.54, 1.807) is 0 Å². The first-order valence-electron chi connectivity index (χ1n) is 3.45. The molecular formula is C8H9N2. The van der Waals surface area contributed by atoms with E-state index in [4.69, 9.17) is 0 Å². The normalized spacial score (nSPS) is 28.0. The molecule has 2 heteroatoms. The molecule has 0 saturated heterocycles. The highest BCUT2D eigenvalue weighted by molar-refractivity contribution is 5.25. The summed E-state index contributed by atoms with van der Waals surface area (Å²) in [6.07, 6.45) is 11.0. The van der Waals surface area contributed by atoms with Crippen LogP contribution in [-0.4, -0.2) is 6.04 Å². The fourth-order valence-corrected chi connectivity index (χ4v) is 1.18. The first-order chi connectivity index (χ1) is 4.97. The molecule has 1 unspecified atom stereocenters. The van der Waals surface area contributed by atoms with E-state index >= 15 is 0 Å². The minimum atomic E-state index is 0.356. The van der Waals surface area contributed by atoms with Gasteiger partial charge in [0, 0.05) is 11.9 Å². The molecule has 2 nitrogen and oxygen atoms in total. The number of fused-ring (bicyclic) bond motifs is 1. The van der Waals surface area contributed by atoms with Gasteiger partial charge in [-0.25, -0.2) is 0 Å². The summed E-state index contributed by atoms with van der Waals surface area (Å²) >= 11 is 0. The van der Waals surface area contributed by atoms with Crippen molar-refractivity contribution in [2.24, 2.45) is 0 Å². The van der Waals surface area contributed by atoms with E-state index in [0.29, 0.717) is 6.04 Å². The molecule has 0 aromatic carbocycles. The van der Waals surface area contributed by atoms with Crippen LogP contribution in [0.2, 0.25) is 0 Å². The van der Waals surface area contributed by atoms with E-state index in [2.05, 4.69) is 22.8 Å². The Morgan fingerprint density at radius 2 is 2.60 bits per heavy atom. The molecule has 0 spiro atoms. The molecule has 0 aromatic heterocycles. The largest absolute Gasteiger partial charge is 0.364 e. The average Bonchev–Trinajstić information content (AvgIpc) is 2.05. The Kier molecular flexibility index (Phi) is 1.24. The topological polar surface area (TPSA) is 26.1 Å². The van der Waals surface area contributed by atoms with Crippen LogP contribution in [0.1, 0.15) is 6.42 Å². The second-order valence-electron chi connectivity index (χ2n) is 2.41. The van der Waals surface area contributed by atoms with Crippen LogP contribution >= 0.6 is 0 Å². The first-order valence-corrected chi connectivity index (χ1v) is 3.45. The van der Waals surface area contributed by atoms with E-state index in [-0.39, 0.29) is 0 Å². The maximum Gasteiger partial charge on any atom is 0.0932 e. The van der Waals surface area contributed by atoms with Gasteiger partial charge < -0.3 is 5.32 Å². The molecule has 51 valence electrons. The van der Waals surface area contributed by atoms with Crippen molar-refractivity contribution in [3.63, 3.8) is 0 Å². The van der Waals surface area contributed by atoms with Crippen LogP contribution < -0.4 is 10.6 Å². The van der Waals surface area contributed by atoms with Crippen LogP contribution in [0, 0.1) is 0 Å². The summed E-state index contributed by atoms with van der Waals surface area (Å²) in [5.41, 5.74) is 1.21. The summed E-state index contributed by atoms with van der Waals surface area (Å²) < 4.78 is 0. The molecular weight excluding hydrogens is 124 g/mol. The lowest BCUT2D eigenvalue weighted by Crippen LogP contribution is -2.31. The van der Waals surface area contributed by atoms with Crippen molar-refractivity contribution in [2.45, 2.75) is 12.5 Å². The van der Waals surface area contributed by atoms with E-state index in [1.807, 2.05) is 18.5 Å². The van der Waals surface area contributed by atoms with Crippen LogP contribution in [0.5, 0.6) is 0 Å². The molecule has 2 heterocycles. The molecule has 1 N–H and O–H groups in total. The van der Waals surface area contributed by atoms with Gasteiger partial charge in [-0.15, -0.1) is 0 Å². The standard InChI is InChI=1S/C8H9N2/c1-3-7-8(9-5-1)4-2-6-10-7/h1-3,5-6,8,10H,4H2. The maximum absolute atomic E-state index is 4.29.